The van der Waals surface area contributed by atoms with Crippen LogP contribution in [0.2, 0.25) is 0 Å². The molecule has 0 aliphatic carbocycles. The first-order valence-corrected chi connectivity index (χ1v) is 17.7. The summed E-state index contributed by atoms with van der Waals surface area (Å²) in [5.74, 6) is 0. The van der Waals surface area contributed by atoms with Crippen LogP contribution in [0.25, 0.3) is 0 Å². The molecule has 0 saturated carbocycles. The van der Waals surface area contributed by atoms with Gasteiger partial charge in [0, 0.05) is 0 Å². The Balaban J connectivity index is 3.17. The van der Waals surface area contributed by atoms with Gasteiger partial charge in [-0.05, 0) is 77.0 Å². The van der Waals surface area contributed by atoms with E-state index in [9.17, 15) is 0 Å². The van der Waals surface area contributed by atoms with Gasteiger partial charge in [0.05, 0.1) is 13.2 Å². The maximum Gasteiger partial charge on any atom is 0.149 e. The summed E-state index contributed by atoms with van der Waals surface area (Å²) in [5.41, 5.74) is 0. The summed E-state index contributed by atoms with van der Waals surface area (Å²) in [6.45, 7) is 6.56. The van der Waals surface area contributed by atoms with E-state index in [0.717, 1.165) is 12.8 Å². The number of rotatable bonds is 34. The zero-order valence-electron chi connectivity index (χ0n) is 27.6. The van der Waals surface area contributed by atoms with Crippen molar-refractivity contribution in [1.82, 2.24) is 0 Å². The molecule has 0 heterocycles. The lowest BCUT2D eigenvalue weighted by Crippen LogP contribution is -2.05. The smallest absolute Gasteiger partial charge is 0.149 e. The second kappa shape index (κ2) is 38.8. The summed E-state index contributed by atoms with van der Waals surface area (Å²) >= 11 is 0. The third-order valence-electron chi connectivity index (χ3n) is 7.29. The molecule has 0 unspecified atom stereocenters. The molecule has 0 aromatic rings. The van der Waals surface area contributed by atoms with E-state index in [1.54, 1.807) is 0 Å². The Morgan fingerprint density at radius 2 is 0.561 bits per heavy atom. The van der Waals surface area contributed by atoms with Gasteiger partial charge in [-0.25, -0.2) is 0 Å². The summed E-state index contributed by atoms with van der Waals surface area (Å²) in [5, 5.41) is 0. The van der Waals surface area contributed by atoms with Crippen molar-refractivity contribution >= 4 is 0 Å². The van der Waals surface area contributed by atoms with Crippen molar-refractivity contribution in [3.05, 3.63) is 48.6 Å². The van der Waals surface area contributed by atoms with E-state index in [1.165, 1.54) is 141 Å². The molecule has 0 atom stereocenters. The molecule has 41 heavy (non-hydrogen) atoms. The Bertz CT molecular complexity index is 528. The Kier molecular flexibility index (Phi) is 37.7. The van der Waals surface area contributed by atoms with Gasteiger partial charge in [-0.15, -0.1) is 0 Å². The predicted molar refractivity (Wildman–Crippen MR) is 181 cm³/mol. The Morgan fingerprint density at radius 1 is 0.293 bits per heavy atom. The fourth-order valence-electron chi connectivity index (χ4n) is 4.62. The van der Waals surface area contributed by atoms with Crippen molar-refractivity contribution in [2.75, 3.05) is 26.8 Å². The maximum atomic E-state index is 5.51. The van der Waals surface area contributed by atoms with Crippen molar-refractivity contribution in [3.63, 3.8) is 0 Å². The number of unbranched alkanes of at least 4 members (excludes halogenated alkanes) is 18. The quantitative estimate of drug-likeness (QED) is 0.0434. The molecule has 0 bridgehead atoms. The van der Waals surface area contributed by atoms with E-state index in [0.29, 0.717) is 26.8 Å². The average molecular weight is 575 g/mol. The molecular formula is C38H70O3. The summed E-state index contributed by atoms with van der Waals surface area (Å²) in [7, 11) is 0. The van der Waals surface area contributed by atoms with Crippen LogP contribution >= 0.6 is 0 Å². The van der Waals surface area contributed by atoms with Crippen LogP contribution in [0.3, 0.4) is 0 Å². The molecular weight excluding hydrogens is 504 g/mol. The van der Waals surface area contributed by atoms with E-state index in [4.69, 9.17) is 14.2 Å². The van der Waals surface area contributed by atoms with Gasteiger partial charge >= 0.3 is 0 Å². The second-order valence-corrected chi connectivity index (χ2v) is 11.4. The molecule has 0 fully saturated rings. The van der Waals surface area contributed by atoms with Gasteiger partial charge in [0.1, 0.15) is 13.6 Å². The highest BCUT2D eigenvalue weighted by Crippen LogP contribution is 2.11. The van der Waals surface area contributed by atoms with E-state index in [2.05, 4.69) is 62.5 Å². The highest BCUT2D eigenvalue weighted by Gasteiger charge is 1.93. The maximum absolute atomic E-state index is 5.51. The number of hydrogen-bond donors (Lipinski definition) is 0. The Labute approximate surface area is 257 Å². The van der Waals surface area contributed by atoms with E-state index in [1.807, 2.05) is 0 Å². The molecule has 0 aromatic heterocycles. The Hall–Kier alpha value is -1.16. The molecule has 0 amide bonds. The van der Waals surface area contributed by atoms with Gasteiger partial charge in [-0.3, -0.25) is 0 Å². The fourth-order valence-corrected chi connectivity index (χ4v) is 4.62. The summed E-state index contributed by atoms with van der Waals surface area (Å²) in [6.07, 6.45) is 49.5. The van der Waals surface area contributed by atoms with E-state index in [-0.39, 0.29) is 0 Å². The largest absolute Gasteiger partial charge is 0.355 e. The molecule has 3 nitrogen and oxygen atoms in total. The van der Waals surface area contributed by atoms with Crippen LogP contribution in [0.4, 0.5) is 0 Å². The molecule has 0 aromatic carbocycles. The minimum Gasteiger partial charge on any atom is -0.355 e. The lowest BCUT2D eigenvalue weighted by molar-refractivity contribution is -0.129. The monoisotopic (exact) mass is 575 g/mol. The molecule has 0 saturated heterocycles. The van der Waals surface area contributed by atoms with Gasteiger partial charge in [-0.1, -0.05) is 140 Å². The fraction of sp³-hybridized carbons (Fsp3) is 0.789. The van der Waals surface area contributed by atoms with E-state index < -0.39 is 0 Å². The summed E-state index contributed by atoms with van der Waals surface area (Å²) in [6, 6.07) is 0. The third kappa shape index (κ3) is 38.8. The van der Waals surface area contributed by atoms with Crippen LogP contribution in [-0.2, 0) is 14.2 Å². The number of hydrogen-bond acceptors (Lipinski definition) is 3. The van der Waals surface area contributed by atoms with Gasteiger partial charge < -0.3 is 14.2 Å². The third-order valence-corrected chi connectivity index (χ3v) is 7.29. The Morgan fingerprint density at radius 3 is 0.878 bits per heavy atom. The molecule has 0 aliphatic heterocycles. The molecule has 0 spiro atoms. The molecule has 240 valence electrons. The minimum absolute atomic E-state index is 0.313. The highest BCUT2D eigenvalue weighted by atomic mass is 16.7. The van der Waals surface area contributed by atoms with Gasteiger partial charge in [0.25, 0.3) is 0 Å². The zero-order valence-corrected chi connectivity index (χ0v) is 27.6. The number of ether oxygens (including phenoxy) is 3. The van der Waals surface area contributed by atoms with Gasteiger partial charge in [0.15, 0.2) is 0 Å². The lowest BCUT2D eigenvalue weighted by atomic mass is 10.1. The molecule has 0 N–H and O–H groups in total. The lowest BCUT2D eigenvalue weighted by Gasteiger charge is -2.05. The second-order valence-electron chi connectivity index (χ2n) is 11.4. The van der Waals surface area contributed by atoms with E-state index >= 15 is 0 Å². The van der Waals surface area contributed by atoms with Crippen molar-refractivity contribution in [1.29, 1.82) is 0 Å². The normalized spacial score (nSPS) is 12.3. The SMILES string of the molecule is CCCCC=CCCCCCCCC/C=C\CCOCOCOCC/C=C\CCCCCCCCC=CCCCC. The van der Waals surface area contributed by atoms with Crippen molar-refractivity contribution in [2.24, 2.45) is 0 Å². The van der Waals surface area contributed by atoms with Crippen LogP contribution in [0.15, 0.2) is 48.6 Å². The standard InChI is InChI=1S/C38H70O3/c1-3-5-7-9-11-13-15-17-19-21-23-25-27-29-31-33-35-39-37-41-38-40-36-34-32-30-28-26-24-22-20-18-16-14-12-10-8-6-4-2/h9-12,29-32H,3-8,13-28,33-38H2,1-2H3/b11-9?,12-10?,31-29-,32-30-. The van der Waals surface area contributed by atoms with Crippen LogP contribution < -0.4 is 0 Å². The number of allylic oxidation sites excluding steroid dienone is 6. The molecule has 0 aliphatic rings. The first-order chi connectivity index (χ1) is 20.4. The highest BCUT2D eigenvalue weighted by molar-refractivity contribution is 4.83. The topological polar surface area (TPSA) is 27.7 Å². The summed E-state index contributed by atoms with van der Waals surface area (Å²) in [4.78, 5) is 0. The average Bonchev–Trinajstić information content (AvgIpc) is 2.98. The van der Waals surface area contributed by atoms with Crippen LogP contribution in [0.5, 0.6) is 0 Å². The first-order valence-electron chi connectivity index (χ1n) is 17.7. The van der Waals surface area contributed by atoms with Crippen molar-refractivity contribution < 1.29 is 14.2 Å². The first kappa shape index (κ1) is 39.8. The van der Waals surface area contributed by atoms with Crippen LogP contribution in [-0.4, -0.2) is 26.8 Å². The molecule has 0 radical (unpaired) electrons. The van der Waals surface area contributed by atoms with Crippen molar-refractivity contribution in [2.45, 2.75) is 168 Å². The minimum atomic E-state index is 0.313. The van der Waals surface area contributed by atoms with Crippen LogP contribution in [0.1, 0.15) is 168 Å². The van der Waals surface area contributed by atoms with Gasteiger partial charge in [0.2, 0.25) is 0 Å². The molecule has 0 rings (SSSR count). The molecule has 3 heteroatoms. The summed E-state index contributed by atoms with van der Waals surface area (Å²) < 4.78 is 16.4. The zero-order chi connectivity index (χ0) is 29.6. The van der Waals surface area contributed by atoms with Crippen LogP contribution in [0, 0.1) is 0 Å². The predicted octanol–water partition coefficient (Wildman–Crippen LogP) is 12.6. The van der Waals surface area contributed by atoms with Gasteiger partial charge in [-0.2, -0.15) is 0 Å². The van der Waals surface area contributed by atoms with Crippen molar-refractivity contribution in [3.8, 4) is 0 Å².